The van der Waals surface area contributed by atoms with Crippen LogP contribution in [0.5, 0.6) is 0 Å². The summed E-state index contributed by atoms with van der Waals surface area (Å²) in [5.74, 6) is -1.00. The Labute approximate surface area is 197 Å². The normalized spacial score (nSPS) is 11.6. The zero-order valence-electron chi connectivity index (χ0n) is 19.9. The fourth-order valence-corrected chi connectivity index (χ4v) is 9.50. The number of esters is 2. The van der Waals surface area contributed by atoms with Crippen LogP contribution in [0.2, 0.25) is 0 Å². The molecule has 0 saturated heterocycles. The predicted octanol–water partition coefficient (Wildman–Crippen LogP) is 4.13. The van der Waals surface area contributed by atoms with Crippen LogP contribution in [-0.2, 0) is 19.1 Å². The van der Waals surface area contributed by atoms with Gasteiger partial charge in [0, 0.05) is 0 Å². The van der Waals surface area contributed by atoms with Crippen LogP contribution < -0.4 is 15.9 Å². The van der Waals surface area contributed by atoms with Crippen molar-refractivity contribution >= 4 is 35.1 Å². The van der Waals surface area contributed by atoms with Crippen molar-refractivity contribution in [2.24, 2.45) is 0 Å². The van der Waals surface area contributed by atoms with Crippen molar-refractivity contribution in [3.05, 3.63) is 89.5 Å². The van der Waals surface area contributed by atoms with E-state index in [-0.39, 0.29) is 13.2 Å². The van der Waals surface area contributed by atoms with Crippen LogP contribution in [0.3, 0.4) is 0 Å². The second kappa shape index (κ2) is 11.2. The summed E-state index contributed by atoms with van der Waals surface area (Å²) in [6.07, 6.45) is 1.61. The second-order valence-electron chi connectivity index (χ2n) is 8.62. The van der Waals surface area contributed by atoms with Crippen LogP contribution >= 0.6 is 7.26 Å². The van der Waals surface area contributed by atoms with Crippen molar-refractivity contribution in [1.29, 1.82) is 0 Å². The minimum absolute atomic E-state index is 0.290. The molecule has 4 nitrogen and oxygen atoms in total. The molecular formula is C28H33O4P. The van der Waals surface area contributed by atoms with Crippen molar-refractivity contribution in [3.63, 3.8) is 0 Å². The zero-order chi connectivity index (χ0) is 23.8. The van der Waals surface area contributed by atoms with E-state index in [1.807, 2.05) is 0 Å². The average molecular weight is 465 g/mol. The van der Waals surface area contributed by atoms with Crippen LogP contribution in [0, 0.1) is 20.8 Å². The number of aryl methyl sites for hydroxylation is 3. The zero-order valence-corrected chi connectivity index (χ0v) is 20.9. The van der Waals surface area contributed by atoms with Gasteiger partial charge in [-0.15, -0.1) is 0 Å². The number of carbonyl (C=O) groups is 2. The maximum absolute atomic E-state index is 11.9. The second-order valence-corrected chi connectivity index (χ2v) is 12.7. The first-order valence-corrected chi connectivity index (χ1v) is 13.5. The Morgan fingerprint density at radius 2 is 1.18 bits per heavy atom. The average Bonchev–Trinajstić information content (AvgIpc) is 2.78. The molecule has 3 aromatic rings. The van der Waals surface area contributed by atoms with Crippen molar-refractivity contribution in [3.8, 4) is 0 Å². The van der Waals surface area contributed by atoms with E-state index in [0.29, 0.717) is 6.42 Å². The van der Waals surface area contributed by atoms with Crippen molar-refractivity contribution in [2.45, 2.75) is 34.1 Å². The third-order valence-electron chi connectivity index (χ3n) is 5.89. The van der Waals surface area contributed by atoms with Crippen LogP contribution in [0.4, 0.5) is 0 Å². The fourth-order valence-electron chi connectivity index (χ4n) is 4.39. The topological polar surface area (TPSA) is 52.6 Å². The molecule has 0 saturated carbocycles. The van der Waals surface area contributed by atoms with E-state index in [2.05, 4.69) is 93.6 Å². The standard InChI is InChI=1S/C28H33O4P/c1-21-9-5-12-25(17-21)33(26-13-6-10-22(2)18-26,27-14-7-11-23(3)19-27)16-8-15-31-28(30)20-32-24(4)29/h5-7,9-14,17-19,33H,8,15-16,20H2,1-4H3. The number of carbonyl (C=O) groups excluding carboxylic acids is 2. The van der Waals surface area contributed by atoms with Gasteiger partial charge < -0.3 is 0 Å². The van der Waals surface area contributed by atoms with Crippen LogP contribution in [0.1, 0.15) is 30.0 Å². The van der Waals surface area contributed by atoms with Crippen LogP contribution in [-0.4, -0.2) is 31.3 Å². The molecule has 0 amide bonds. The number of benzene rings is 3. The Bertz CT molecular complexity index is 1010. The van der Waals surface area contributed by atoms with E-state index in [4.69, 9.17) is 9.47 Å². The Balaban J connectivity index is 2.00. The number of ether oxygens (including phenoxy) is 2. The quantitative estimate of drug-likeness (QED) is 0.271. The van der Waals surface area contributed by atoms with Gasteiger partial charge in [0.05, 0.1) is 0 Å². The number of hydrogen-bond donors (Lipinski definition) is 0. The van der Waals surface area contributed by atoms with Crippen LogP contribution in [0.15, 0.2) is 72.8 Å². The Hall–Kier alpha value is -2.97. The third kappa shape index (κ3) is 6.30. The molecule has 5 heteroatoms. The molecule has 0 N–H and O–H groups in total. The molecule has 0 aliphatic carbocycles. The summed E-state index contributed by atoms with van der Waals surface area (Å²) < 4.78 is 10.1. The minimum atomic E-state index is -2.40. The van der Waals surface area contributed by atoms with Crippen molar-refractivity contribution < 1.29 is 19.1 Å². The molecule has 0 atom stereocenters. The molecule has 0 unspecified atom stereocenters. The first-order valence-electron chi connectivity index (χ1n) is 11.3. The van der Waals surface area contributed by atoms with Gasteiger partial charge in [-0.2, -0.15) is 0 Å². The van der Waals surface area contributed by atoms with E-state index < -0.39 is 19.2 Å². The molecule has 0 heterocycles. The molecule has 0 aromatic heterocycles. The Kier molecular flexibility index (Phi) is 8.41. The molecule has 3 rings (SSSR count). The summed E-state index contributed by atoms with van der Waals surface area (Å²) in [5, 5.41) is 4.06. The van der Waals surface area contributed by atoms with Gasteiger partial charge in [-0.05, 0) is 0 Å². The molecular weight excluding hydrogens is 431 g/mol. The molecule has 0 bridgehead atoms. The van der Waals surface area contributed by atoms with Crippen molar-refractivity contribution in [2.75, 3.05) is 19.4 Å². The van der Waals surface area contributed by atoms with Gasteiger partial charge in [-0.3, -0.25) is 0 Å². The van der Waals surface area contributed by atoms with Crippen molar-refractivity contribution in [1.82, 2.24) is 0 Å². The molecule has 0 spiro atoms. The molecule has 0 aliphatic rings. The molecule has 0 fully saturated rings. The monoisotopic (exact) mass is 464 g/mol. The summed E-state index contributed by atoms with van der Waals surface area (Å²) in [4.78, 5) is 22.9. The molecule has 0 aliphatic heterocycles. The number of hydrogen-bond acceptors (Lipinski definition) is 4. The van der Waals surface area contributed by atoms with E-state index in [1.165, 1.54) is 39.5 Å². The van der Waals surface area contributed by atoms with Gasteiger partial charge >= 0.3 is 197 Å². The molecule has 0 radical (unpaired) electrons. The fraction of sp³-hybridized carbons (Fsp3) is 0.286. The SMILES string of the molecule is CC(=O)OCC(=O)OCCC[PH](c1cccc(C)c1)(c1cccc(C)c1)c1cccc(C)c1. The molecule has 33 heavy (non-hydrogen) atoms. The van der Waals surface area contributed by atoms with Gasteiger partial charge in [-0.1, -0.05) is 0 Å². The summed E-state index contributed by atoms with van der Waals surface area (Å²) in [5.41, 5.74) is 3.70. The molecule has 3 aromatic carbocycles. The first kappa shape index (κ1) is 24.7. The van der Waals surface area contributed by atoms with E-state index in [9.17, 15) is 9.59 Å². The van der Waals surface area contributed by atoms with Gasteiger partial charge in [0.2, 0.25) is 0 Å². The van der Waals surface area contributed by atoms with Gasteiger partial charge in [-0.25, -0.2) is 0 Å². The third-order valence-corrected chi connectivity index (χ3v) is 10.9. The first-order chi connectivity index (χ1) is 15.8. The summed E-state index contributed by atoms with van der Waals surface area (Å²) in [6.45, 7) is 7.62. The molecule has 174 valence electrons. The predicted molar refractivity (Wildman–Crippen MR) is 138 cm³/mol. The van der Waals surface area contributed by atoms with Crippen LogP contribution in [0.25, 0.3) is 0 Å². The van der Waals surface area contributed by atoms with E-state index in [1.54, 1.807) is 0 Å². The van der Waals surface area contributed by atoms with E-state index >= 15 is 0 Å². The summed E-state index contributed by atoms with van der Waals surface area (Å²) >= 11 is 0. The van der Waals surface area contributed by atoms with Gasteiger partial charge in [0.25, 0.3) is 0 Å². The van der Waals surface area contributed by atoms with Gasteiger partial charge in [0.1, 0.15) is 0 Å². The Morgan fingerprint density at radius 1 is 0.727 bits per heavy atom. The van der Waals surface area contributed by atoms with Gasteiger partial charge in [0.15, 0.2) is 0 Å². The maximum atomic E-state index is 11.9. The number of rotatable bonds is 9. The summed E-state index contributed by atoms with van der Waals surface area (Å²) in [6, 6.07) is 26.5. The Morgan fingerprint density at radius 3 is 1.58 bits per heavy atom. The summed E-state index contributed by atoms with van der Waals surface area (Å²) in [7, 11) is -2.40. The van der Waals surface area contributed by atoms with E-state index in [0.717, 1.165) is 6.16 Å².